The van der Waals surface area contributed by atoms with E-state index in [9.17, 15) is 14.7 Å². The molecule has 2 aliphatic rings. The molecule has 0 aromatic heterocycles. The Labute approximate surface area is 201 Å². The van der Waals surface area contributed by atoms with Gasteiger partial charge >= 0.3 is 5.97 Å². The topological polar surface area (TPSA) is 88.1 Å². The fourth-order valence-corrected chi connectivity index (χ4v) is 4.63. The van der Waals surface area contributed by atoms with Gasteiger partial charge in [0.1, 0.15) is 29.7 Å². The van der Waals surface area contributed by atoms with Crippen LogP contribution in [0.15, 0.2) is 48.0 Å². The molecule has 0 spiro atoms. The van der Waals surface area contributed by atoms with E-state index in [-0.39, 0.29) is 24.6 Å². The zero-order valence-corrected chi connectivity index (χ0v) is 19.5. The van der Waals surface area contributed by atoms with E-state index in [1.54, 1.807) is 23.1 Å². The van der Waals surface area contributed by atoms with Crippen LogP contribution in [-0.4, -0.2) is 60.3 Å². The van der Waals surface area contributed by atoms with Crippen molar-refractivity contribution in [2.24, 2.45) is 0 Å². The third kappa shape index (κ3) is 5.27. The highest BCUT2D eigenvalue weighted by Gasteiger charge is 2.39. The van der Waals surface area contributed by atoms with Gasteiger partial charge in [-0.3, -0.25) is 4.79 Å². The van der Waals surface area contributed by atoms with Crippen LogP contribution in [0.2, 0.25) is 10.0 Å². The van der Waals surface area contributed by atoms with Gasteiger partial charge in [0.15, 0.2) is 0 Å². The molecule has 1 saturated heterocycles. The Morgan fingerprint density at radius 3 is 2.52 bits per heavy atom. The summed E-state index contributed by atoms with van der Waals surface area (Å²) in [6.07, 6.45) is 0.538. The largest absolute Gasteiger partial charge is 0.490 e. The van der Waals surface area contributed by atoms with E-state index in [0.717, 1.165) is 11.1 Å². The fraction of sp³-hybridized carbons (Fsp3) is 0.333. The third-order valence-electron chi connectivity index (χ3n) is 5.81. The molecule has 174 valence electrons. The van der Waals surface area contributed by atoms with Gasteiger partial charge in [-0.2, -0.15) is 0 Å². The zero-order valence-electron chi connectivity index (χ0n) is 18.0. The van der Waals surface area contributed by atoms with Crippen molar-refractivity contribution < 1.29 is 24.2 Å². The number of amides is 1. The Morgan fingerprint density at radius 2 is 1.82 bits per heavy atom. The molecule has 2 heterocycles. The normalized spacial score (nSPS) is 19.9. The number of piperazine rings is 1. The number of hydrogen-bond donors (Lipinski definition) is 2. The quantitative estimate of drug-likeness (QED) is 0.572. The van der Waals surface area contributed by atoms with Gasteiger partial charge in [-0.1, -0.05) is 41.4 Å². The highest BCUT2D eigenvalue weighted by atomic mass is 35.5. The predicted molar refractivity (Wildman–Crippen MR) is 126 cm³/mol. The molecule has 2 atom stereocenters. The molecule has 0 aliphatic carbocycles. The summed E-state index contributed by atoms with van der Waals surface area (Å²) in [5.41, 5.74) is 1.96. The average Bonchev–Trinajstić information content (AvgIpc) is 2.78. The number of carbonyl (C=O) groups excluding carboxylic acids is 1. The van der Waals surface area contributed by atoms with E-state index >= 15 is 0 Å². The summed E-state index contributed by atoms with van der Waals surface area (Å²) >= 11 is 12.1. The second-order valence-corrected chi connectivity index (χ2v) is 8.80. The van der Waals surface area contributed by atoms with Crippen molar-refractivity contribution in [3.8, 4) is 11.5 Å². The summed E-state index contributed by atoms with van der Waals surface area (Å²) in [6.45, 7) is 3.03. The van der Waals surface area contributed by atoms with Gasteiger partial charge in [-0.25, -0.2) is 4.79 Å². The SMILES string of the molecule is CC(=O)N1CC2CC(c3ccc(OCCOc4cccc(Cl)c4Cl)cc3)=C(C(=O)O)[C@@H](C1)N2. The number of hydrogen-bond acceptors (Lipinski definition) is 5. The molecule has 2 N–H and O–H groups in total. The van der Waals surface area contributed by atoms with E-state index < -0.39 is 5.97 Å². The first-order valence-corrected chi connectivity index (χ1v) is 11.4. The summed E-state index contributed by atoms with van der Waals surface area (Å²) in [6, 6.07) is 12.2. The van der Waals surface area contributed by atoms with Crippen LogP contribution in [0.1, 0.15) is 18.9 Å². The molecular formula is C24H24Cl2N2O5. The van der Waals surface area contributed by atoms with Gasteiger partial charge in [0, 0.05) is 26.1 Å². The Kier molecular flexibility index (Phi) is 7.12. The van der Waals surface area contributed by atoms with E-state index in [0.29, 0.717) is 53.2 Å². The molecule has 1 unspecified atom stereocenters. The minimum atomic E-state index is -0.969. The van der Waals surface area contributed by atoms with Crippen molar-refractivity contribution in [1.29, 1.82) is 0 Å². The third-order valence-corrected chi connectivity index (χ3v) is 6.61. The van der Waals surface area contributed by atoms with Gasteiger partial charge in [-0.05, 0) is 41.8 Å². The number of carboxylic acids is 1. The molecule has 7 nitrogen and oxygen atoms in total. The minimum absolute atomic E-state index is 0.0251. The summed E-state index contributed by atoms with van der Waals surface area (Å²) in [5, 5.41) is 14.0. The highest BCUT2D eigenvalue weighted by Crippen LogP contribution is 2.34. The van der Waals surface area contributed by atoms with Gasteiger partial charge in [-0.15, -0.1) is 0 Å². The van der Waals surface area contributed by atoms with Crippen LogP contribution < -0.4 is 14.8 Å². The molecule has 2 aromatic rings. The molecule has 4 rings (SSSR count). The van der Waals surface area contributed by atoms with Gasteiger partial charge in [0.2, 0.25) is 5.91 Å². The fourth-order valence-electron chi connectivity index (χ4n) is 4.28. The van der Waals surface area contributed by atoms with Crippen molar-refractivity contribution in [2.45, 2.75) is 25.4 Å². The van der Waals surface area contributed by atoms with Gasteiger partial charge in [0.05, 0.1) is 16.6 Å². The Bertz CT molecular complexity index is 1090. The lowest BCUT2D eigenvalue weighted by Gasteiger charge is -2.43. The van der Waals surface area contributed by atoms with Crippen molar-refractivity contribution in [2.75, 3.05) is 26.3 Å². The number of nitrogens with zero attached hydrogens (tertiary/aromatic N) is 1. The maximum atomic E-state index is 12.1. The summed E-state index contributed by atoms with van der Waals surface area (Å²) in [4.78, 5) is 25.6. The molecule has 9 heteroatoms. The number of halogens is 2. The Hall–Kier alpha value is -2.74. The maximum Gasteiger partial charge on any atom is 0.333 e. The van der Waals surface area contributed by atoms with Crippen molar-refractivity contribution in [3.63, 3.8) is 0 Å². The van der Waals surface area contributed by atoms with Crippen molar-refractivity contribution >= 4 is 40.7 Å². The first-order chi connectivity index (χ1) is 15.8. The Balaban J connectivity index is 1.41. The summed E-state index contributed by atoms with van der Waals surface area (Å²) in [7, 11) is 0. The summed E-state index contributed by atoms with van der Waals surface area (Å²) in [5.74, 6) is 0.135. The first-order valence-electron chi connectivity index (χ1n) is 10.6. The first kappa shape index (κ1) is 23.4. The van der Waals surface area contributed by atoms with Crippen LogP contribution >= 0.6 is 23.2 Å². The Morgan fingerprint density at radius 1 is 1.09 bits per heavy atom. The van der Waals surface area contributed by atoms with Crippen LogP contribution in [0.5, 0.6) is 11.5 Å². The predicted octanol–water partition coefficient (Wildman–Crippen LogP) is 3.88. The molecule has 2 aliphatic heterocycles. The number of benzene rings is 2. The number of ether oxygens (including phenoxy) is 2. The zero-order chi connectivity index (χ0) is 23.5. The van der Waals surface area contributed by atoms with Crippen LogP contribution in [0.25, 0.3) is 5.57 Å². The van der Waals surface area contributed by atoms with Gasteiger partial charge < -0.3 is 24.8 Å². The van der Waals surface area contributed by atoms with Gasteiger partial charge in [0.25, 0.3) is 0 Å². The molecule has 2 bridgehead atoms. The molecular weight excluding hydrogens is 467 g/mol. The monoisotopic (exact) mass is 490 g/mol. The number of aliphatic carboxylic acids is 1. The second kappa shape index (κ2) is 10.0. The van der Waals surface area contributed by atoms with E-state index in [2.05, 4.69) is 5.32 Å². The highest BCUT2D eigenvalue weighted by molar-refractivity contribution is 6.42. The van der Waals surface area contributed by atoms with Crippen LogP contribution in [-0.2, 0) is 9.59 Å². The lowest BCUT2D eigenvalue weighted by atomic mass is 9.83. The molecule has 2 aromatic carbocycles. The van der Waals surface area contributed by atoms with Crippen LogP contribution in [0.3, 0.4) is 0 Å². The number of nitrogens with one attached hydrogen (secondary N) is 1. The maximum absolute atomic E-state index is 12.1. The molecule has 33 heavy (non-hydrogen) atoms. The lowest BCUT2D eigenvalue weighted by Crippen LogP contribution is -2.61. The molecule has 0 saturated carbocycles. The van der Waals surface area contributed by atoms with Crippen LogP contribution in [0.4, 0.5) is 0 Å². The van der Waals surface area contributed by atoms with Crippen molar-refractivity contribution in [1.82, 2.24) is 10.2 Å². The number of rotatable bonds is 7. The van der Waals surface area contributed by atoms with E-state index in [4.69, 9.17) is 32.7 Å². The van der Waals surface area contributed by atoms with Crippen molar-refractivity contribution in [3.05, 3.63) is 63.6 Å². The standard InChI is InChI=1S/C24H24Cl2N2O5/c1-14(29)28-12-16-11-18(22(24(30)31)20(13-28)27-16)15-5-7-17(8-6-15)32-9-10-33-21-4-2-3-19(25)23(21)26/h2-8,16,20,27H,9-13H2,1H3,(H,30,31)/t16?,20-/m1/s1. The number of carbonyl (C=O) groups is 2. The minimum Gasteiger partial charge on any atom is -0.490 e. The number of carboxylic acid groups (broad SMARTS) is 1. The number of fused-ring (bicyclic) bond motifs is 2. The molecule has 1 fully saturated rings. The summed E-state index contributed by atoms with van der Waals surface area (Å²) < 4.78 is 11.4. The second-order valence-electron chi connectivity index (χ2n) is 8.01. The lowest BCUT2D eigenvalue weighted by molar-refractivity contribution is -0.135. The smallest absolute Gasteiger partial charge is 0.333 e. The van der Waals surface area contributed by atoms with E-state index in [1.807, 2.05) is 24.3 Å². The van der Waals surface area contributed by atoms with Crippen LogP contribution in [0, 0.1) is 0 Å². The average molecular weight is 491 g/mol. The molecule has 1 amide bonds. The van der Waals surface area contributed by atoms with E-state index in [1.165, 1.54) is 6.92 Å². The molecule has 0 radical (unpaired) electrons.